The van der Waals surface area contributed by atoms with Crippen molar-refractivity contribution in [3.05, 3.63) is 40.9 Å². The highest BCUT2D eigenvalue weighted by Crippen LogP contribution is 2.33. The molecule has 0 aliphatic rings. The lowest BCUT2D eigenvalue weighted by Gasteiger charge is -2.13. The van der Waals surface area contributed by atoms with E-state index in [-0.39, 0.29) is 0 Å². The van der Waals surface area contributed by atoms with Crippen LogP contribution < -0.4 is 20.5 Å². The zero-order valence-electron chi connectivity index (χ0n) is 10.7. The summed E-state index contributed by atoms with van der Waals surface area (Å²) in [5.41, 5.74) is 8.14. The zero-order chi connectivity index (χ0) is 13.8. The summed E-state index contributed by atoms with van der Waals surface area (Å²) in [6.07, 6.45) is 0. The minimum Gasteiger partial charge on any atom is -0.495 e. The second kappa shape index (κ2) is 5.84. The van der Waals surface area contributed by atoms with Crippen LogP contribution in [0.2, 0.25) is 0 Å². The van der Waals surface area contributed by atoms with Crippen LogP contribution in [-0.2, 0) is 0 Å². The fourth-order valence-electron chi connectivity index (χ4n) is 1.72. The lowest BCUT2D eigenvalue weighted by atomic mass is 10.2. The molecule has 2 aromatic carbocycles. The summed E-state index contributed by atoms with van der Waals surface area (Å²) in [6.45, 7) is 0. The Kier molecular flexibility index (Phi) is 4.16. The highest BCUT2D eigenvalue weighted by Gasteiger charge is 2.06. The van der Waals surface area contributed by atoms with Crippen LogP contribution in [0.5, 0.6) is 11.5 Å². The fourth-order valence-corrected chi connectivity index (χ4v) is 2.08. The molecule has 4 nitrogen and oxygen atoms in total. The van der Waals surface area contributed by atoms with Gasteiger partial charge in [0, 0.05) is 16.2 Å². The molecule has 2 rings (SSSR count). The summed E-state index contributed by atoms with van der Waals surface area (Å²) in [4.78, 5) is 0. The molecule has 0 heterocycles. The fraction of sp³-hybridized carbons (Fsp3) is 0.143. The number of halogens is 1. The predicted molar refractivity (Wildman–Crippen MR) is 81.4 cm³/mol. The van der Waals surface area contributed by atoms with Gasteiger partial charge in [0.2, 0.25) is 0 Å². The van der Waals surface area contributed by atoms with Crippen molar-refractivity contribution in [3.63, 3.8) is 0 Å². The molecule has 0 amide bonds. The number of anilines is 3. The third-order valence-electron chi connectivity index (χ3n) is 2.67. The highest BCUT2D eigenvalue weighted by molar-refractivity contribution is 9.10. The van der Waals surface area contributed by atoms with Gasteiger partial charge in [-0.25, -0.2) is 0 Å². The van der Waals surface area contributed by atoms with Crippen molar-refractivity contribution in [1.29, 1.82) is 0 Å². The molecule has 0 saturated carbocycles. The summed E-state index contributed by atoms with van der Waals surface area (Å²) < 4.78 is 11.5. The predicted octanol–water partition coefficient (Wildman–Crippen LogP) is 3.79. The molecule has 0 unspecified atom stereocenters. The molecule has 2 aromatic rings. The molecule has 0 saturated heterocycles. The highest BCUT2D eigenvalue weighted by atomic mass is 79.9. The Hall–Kier alpha value is -1.88. The van der Waals surface area contributed by atoms with Crippen molar-refractivity contribution < 1.29 is 9.47 Å². The first-order valence-electron chi connectivity index (χ1n) is 5.68. The Morgan fingerprint density at radius 3 is 2.42 bits per heavy atom. The number of benzene rings is 2. The minimum absolute atomic E-state index is 0.606. The largest absolute Gasteiger partial charge is 0.495 e. The number of rotatable bonds is 4. The second-order valence-electron chi connectivity index (χ2n) is 3.93. The summed E-state index contributed by atoms with van der Waals surface area (Å²) in [7, 11) is 3.23. The molecule has 19 heavy (non-hydrogen) atoms. The Labute approximate surface area is 120 Å². The van der Waals surface area contributed by atoms with Crippen molar-refractivity contribution >= 4 is 33.0 Å². The maximum Gasteiger partial charge on any atom is 0.143 e. The molecular formula is C14H15BrN2O2. The Morgan fingerprint density at radius 1 is 1.00 bits per heavy atom. The van der Waals surface area contributed by atoms with Crippen molar-refractivity contribution in [2.45, 2.75) is 0 Å². The lowest BCUT2D eigenvalue weighted by molar-refractivity contribution is 0.416. The van der Waals surface area contributed by atoms with E-state index < -0.39 is 0 Å². The van der Waals surface area contributed by atoms with Crippen LogP contribution in [0.15, 0.2) is 40.9 Å². The van der Waals surface area contributed by atoms with Gasteiger partial charge < -0.3 is 20.5 Å². The molecule has 0 spiro atoms. The maximum atomic E-state index is 5.79. The van der Waals surface area contributed by atoms with Crippen molar-refractivity contribution in [3.8, 4) is 11.5 Å². The molecule has 5 heteroatoms. The second-order valence-corrected chi connectivity index (χ2v) is 4.84. The van der Waals surface area contributed by atoms with E-state index in [4.69, 9.17) is 15.2 Å². The van der Waals surface area contributed by atoms with E-state index in [1.807, 2.05) is 30.3 Å². The lowest BCUT2D eigenvalue weighted by Crippen LogP contribution is -1.97. The van der Waals surface area contributed by atoms with Gasteiger partial charge in [-0.2, -0.15) is 0 Å². The van der Waals surface area contributed by atoms with Gasteiger partial charge in [0.1, 0.15) is 11.5 Å². The van der Waals surface area contributed by atoms with Crippen molar-refractivity contribution in [2.75, 3.05) is 25.3 Å². The van der Waals surface area contributed by atoms with Crippen LogP contribution in [0, 0.1) is 0 Å². The Morgan fingerprint density at radius 2 is 1.74 bits per heavy atom. The average molecular weight is 323 g/mol. The molecule has 100 valence electrons. The first kappa shape index (κ1) is 13.5. The molecule has 0 aliphatic carbocycles. The third-order valence-corrected chi connectivity index (χ3v) is 3.17. The van der Waals surface area contributed by atoms with Gasteiger partial charge in [-0.15, -0.1) is 0 Å². The summed E-state index contributed by atoms with van der Waals surface area (Å²) in [5.74, 6) is 1.40. The van der Waals surface area contributed by atoms with Gasteiger partial charge in [-0.1, -0.05) is 15.9 Å². The van der Waals surface area contributed by atoms with Crippen LogP contribution in [0.25, 0.3) is 0 Å². The molecule has 0 radical (unpaired) electrons. The maximum absolute atomic E-state index is 5.79. The van der Waals surface area contributed by atoms with Gasteiger partial charge in [0.25, 0.3) is 0 Å². The minimum atomic E-state index is 0.606. The third kappa shape index (κ3) is 3.12. The van der Waals surface area contributed by atoms with Crippen LogP contribution in [0.4, 0.5) is 17.1 Å². The standard InChI is InChI=1S/C14H15BrN2O2/c1-18-13-6-3-9(15)7-12(13)17-10-4-5-11(16)14(8-10)19-2/h3-8,17H,16H2,1-2H3. The van der Waals surface area contributed by atoms with Crippen molar-refractivity contribution in [2.24, 2.45) is 0 Å². The van der Waals surface area contributed by atoms with Gasteiger partial charge >= 0.3 is 0 Å². The van der Waals surface area contributed by atoms with Crippen LogP contribution in [-0.4, -0.2) is 14.2 Å². The summed E-state index contributed by atoms with van der Waals surface area (Å²) in [5, 5.41) is 3.28. The molecule has 3 N–H and O–H groups in total. The number of hydrogen-bond donors (Lipinski definition) is 2. The number of methoxy groups -OCH3 is 2. The number of nitrogens with two attached hydrogens (primary N) is 1. The van der Waals surface area contributed by atoms with Gasteiger partial charge in [-0.3, -0.25) is 0 Å². The first-order valence-corrected chi connectivity index (χ1v) is 6.47. The van der Waals surface area contributed by atoms with Gasteiger partial charge in [0.05, 0.1) is 25.6 Å². The van der Waals surface area contributed by atoms with E-state index in [0.29, 0.717) is 11.4 Å². The number of nitrogen functional groups attached to an aromatic ring is 1. The van der Waals surface area contributed by atoms with E-state index in [0.717, 1.165) is 21.6 Å². The van der Waals surface area contributed by atoms with Crippen molar-refractivity contribution in [1.82, 2.24) is 0 Å². The molecule has 0 bridgehead atoms. The molecule has 0 fully saturated rings. The average Bonchev–Trinajstić information content (AvgIpc) is 2.41. The van der Waals surface area contributed by atoms with Crippen LogP contribution in [0.1, 0.15) is 0 Å². The Balaban J connectivity index is 2.33. The molecular weight excluding hydrogens is 308 g/mol. The monoisotopic (exact) mass is 322 g/mol. The SMILES string of the molecule is COc1cc(Nc2cc(Br)ccc2OC)ccc1N. The Bertz CT molecular complexity index is 588. The first-order chi connectivity index (χ1) is 9.13. The molecule has 0 aliphatic heterocycles. The normalized spacial score (nSPS) is 10.1. The molecule has 0 aromatic heterocycles. The summed E-state index contributed by atoms with van der Waals surface area (Å²) in [6, 6.07) is 11.3. The van der Waals surface area contributed by atoms with Gasteiger partial charge in [-0.05, 0) is 30.3 Å². The van der Waals surface area contributed by atoms with E-state index in [1.54, 1.807) is 20.3 Å². The number of ether oxygens (including phenoxy) is 2. The van der Waals surface area contributed by atoms with E-state index in [1.165, 1.54) is 0 Å². The van der Waals surface area contributed by atoms with Gasteiger partial charge in [0.15, 0.2) is 0 Å². The van der Waals surface area contributed by atoms with E-state index >= 15 is 0 Å². The topological polar surface area (TPSA) is 56.5 Å². The van der Waals surface area contributed by atoms with Crippen LogP contribution >= 0.6 is 15.9 Å². The quantitative estimate of drug-likeness (QED) is 0.841. The van der Waals surface area contributed by atoms with Crippen LogP contribution in [0.3, 0.4) is 0 Å². The summed E-state index contributed by atoms with van der Waals surface area (Å²) >= 11 is 3.44. The number of hydrogen-bond acceptors (Lipinski definition) is 4. The number of nitrogens with one attached hydrogen (secondary N) is 1. The smallest absolute Gasteiger partial charge is 0.143 e. The van der Waals surface area contributed by atoms with E-state index in [9.17, 15) is 0 Å². The molecule has 0 atom stereocenters. The zero-order valence-corrected chi connectivity index (χ0v) is 12.3. The van der Waals surface area contributed by atoms with E-state index in [2.05, 4.69) is 21.2 Å².